The van der Waals surface area contributed by atoms with Crippen molar-refractivity contribution in [3.05, 3.63) is 24.3 Å². The summed E-state index contributed by atoms with van der Waals surface area (Å²) in [6.07, 6.45) is 42.4. The molecule has 2 N–H and O–H groups in total. The quantitative estimate of drug-likeness (QED) is 0.0351. The lowest BCUT2D eigenvalue weighted by atomic mass is 10.1. The number of nitrogens with zero attached hydrogens (tertiary/aromatic N) is 1. The van der Waals surface area contributed by atoms with E-state index in [2.05, 4.69) is 38.2 Å². The van der Waals surface area contributed by atoms with Crippen molar-refractivity contribution < 1.29 is 37.8 Å². The van der Waals surface area contributed by atoms with Gasteiger partial charge < -0.3 is 19.7 Å². The Morgan fingerprint density at radius 3 is 1.15 bits per heavy atom. The summed E-state index contributed by atoms with van der Waals surface area (Å²) < 4.78 is 41.3. The Kier molecular flexibility index (Phi) is 43.2. The van der Waals surface area contributed by atoms with Crippen LogP contribution in [0.15, 0.2) is 24.3 Å². The fourth-order valence-electron chi connectivity index (χ4n) is 6.17. The zero-order valence-corrected chi connectivity index (χ0v) is 36.6. The molecular formula is C45H86NO8P. The first-order valence-corrected chi connectivity index (χ1v) is 24.2. The molecule has 0 fully saturated rings. The molecule has 0 spiro atoms. The number of nitriles is 1. The predicted octanol–water partition coefficient (Wildman–Crippen LogP) is 12.9. The molecule has 324 valence electrons. The summed E-state index contributed by atoms with van der Waals surface area (Å²) in [5.74, 6) is 0. The van der Waals surface area contributed by atoms with Crippen molar-refractivity contribution in [1.82, 2.24) is 0 Å². The number of allylic oxidation sites excluding steroid dienone is 4. The number of aliphatic hydroxyl groups excluding tert-OH is 2. The van der Waals surface area contributed by atoms with Crippen LogP contribution < -0.4 is 0 Å². The van der Waals surface area contributed by atoms with Crippen LogP contribution in [0.5, 0.6) is 0 Å². The van der Waals surface area contributed by atoms with E-state index in [1.807, 2.05) is 6.07 Å². The Labute approximate surface area is 339 Å². The number of unbranched alkanes of at least 4 members (excludes halogenated alkanes) is 24. The first kappa shape index (κ1) is 53.9. The zero-order chi connectivity index (χ0) is 40.2. The number of phosphoric acid groups is 1. The normalized spacial score (nSPS) is 13.3. The Morgan fingerprint density at radius 2 is 0.818 bits per heavy atom. The highest BCUT2D eigenvalue weighted by Crippen LogP contribution is 2.49. The average Bonchev–Trinajstić information content (AvgIpc) is 3.19. The highest BCUT2D eigenvalue weighted by molar-refractivity contribution is 7.48. The molecule has 0 bridgehead atoms. The predicted molar refractivity (Wildman–Crippen MR) is 228 cm³/mol. The van der Waals surface area contributed by atoms with Crippen LogP contribution in [0.25, 0.3) is 0 Å². The number of aliphatic hydroxyl groups is 2. The lowest BCUT2D eigenvalue weighted by Gasteiger charge is -2.23. The summed E-state index contributed by atoms with van der Waals surface area (Å²) in [6.45, 7) is 4.34. The van der Waals surface area contributed by atoms with Gasteiger partial charge in [-0.3, -0.25) is 13.6 Å². The fraction of sp³-hybridized carbons (Fsp3) is 0.889. The number of hydrogen-bond acceptors (Lipinski definition) is 9. The molecule has 0 saturated heterocycles. The van der Waals surface area contributed by atoms with Gasteiger partial charge in [-0.15, -0.1) is 0 Å². The number of hydrogen-bond donors (Lipinski definition) is 2. The lowest BCUT2D eigenvalue weighted by Crippen LogP contribution is -2.26. The van der Waals surface area contributed by atoms with E-state index < -0.39 is 20.0 Å². The van der Waals surface area contributed by atoms with Gasteiger partial charge in [-0.25, -0.2) is 4.57 Å². The molecule has 0 saturated carbocycles. The highest BCUT2D eigenvalue weighted by Gasteiger charge is 2.30. The monoisotopic (exact) mass is 800 g/mol. The minimum absolute atomic E-state index is 0.0163. The van der Waals surface area contributed by atoms with Crippen molar-refractivity contribution in [3.8, 4) is 6.07 Å². The SMILES string of the molecule is CCCCCCCC/C=C\CCCCCCCCO[C@@H](CO)COP(=O)(OCCC#N)OC[C@H](CO)OCCCCCCCC/C=C\CCCCCCCC. The summed E-state index contributed by atoms with van der Waals surface area (Å²) in [5.41, 5.74) is 0. The third-order valence-corrected chi connectivity index (χ3v) is 11.2. The van der Waals surface area contributed by atoms with Gasteiger partial charge in [0.05, 0.1) is 45.5 Å². The molecule has 0 aliphatic carbocycles. The fourth-order valence-corrected chi connectivity index (χ4v) is 7.41. The maximum atomic E-state index is 13.3. The third-order valence-electron chi connectivity index (χ3n) is 9.73. The van der Waals surface area contributed by atoms with Crippen LogP contribution in [0.1, 0.15) is 200 Å². The summed E-state index contributed by atoms with van der Waals surface area (Å²) in [6, 6.07) is 1.95. The van der Waals surface area contributed by atoms with Gasteiger partial charge in [0, 0.05) is 13.2 Å². The summed E-state index contributed by atoms with van der Waals surface area (Å²) >= 11 is 0. The summed E-state index contributed by atoms with van der Waals surface area (Å²) in [7, 11) is -4.08. The van der Waals surface area contributed by atoms with Crippen molar-refractivity contribution in [2.75, 3.05) is 46.2 Å². The summed E-state index contributed by atoms with van der Waals surface area (Å²) in [4.78, 5) is 0. The van der Waals surface area contributed by atoms with E-state index in [9.17, 15) is 14.8 Å². The second-order valence-corrected chi connectivity index (χ2v) is 16.7. The van der Waals surface area contributed by atoms with Crippen LogP contribution in [0.3, 0.4) is 0 Å². The number of phosphoric ester groups is 1. The van der Waals surface area contributed by atoms with Crippen molar-refractivity contribution in [1.29, 1.82) is 5.26 Å². The molecule has 0 rings (SSSR count). The molecule has 0 aromatic carbocycles. The van der Waals surface area contributed by atoms with E-state index >= 15 is 0 Å². The Balaban J connectivity index is 4.11. The van der Waals surface area contributed by atoms with Gasteiger partial charge in [-0.05, 0) is 64.2 Å². The van der Waals surface area contributed by atoms with Crippen molar-refractivity contribution in [3.63, 3.8) is 0 Å². The van der Waals surface area contributed by atoms with Crippen molar-refractivity contribution in [2.45, 2.75) is 212 Å². The van der Waals surface area contributed by atoms with Gasteiger partial charge in [0.1, 0.15) is 12.2 Å². The molecular weight excluding hydrogens is 713 g/mol. The molecule has 9 nitrogen and oxygen atoms in total. The standard InChI is InChI=1S/C45H86NO8P/c1-3-5-7-9-11-13-15-17-19-21-23-25-27-29-31-33-37-50-44(40-47)42-53-55(49,52-39-35-36-46)54-43-45(41-48)51-38-34-32-30-28-26-24-22-20-18-16-14-12-10-8-6-4-2/h17-20,44-45,47-48H,3-16,21-35,37-43H2,1-2H3/b19-17-,20-18-/t44-,45-/m0/s1. The largest absolute Gasteiger partial charge is 0.475 e. The maximum absolute atomic E-state index is 13.3. The maximum Gasteiger partial charge on any atom is 0.475 e. The van der Waals surface area contributed by atoms with Crippen molar-refractivity contribution in [2.24, 2.45) is 0 Å². The molecule has 0 heterocycles. The summed E-state index contributed by atoms with van der Waals surface area (Å²) in [5, 5.41) is 28.6. The second-order valence-electron chi connectivity index (χ2n) is 15.0. The van der Waals surface area contributed by atoms with E-state index in [1.165, 1.54) is 128 Å². The van der Waals surface area contributed by atoms with Gasteiger partial charge in [0.15, 0.2) is 0 Å². The highest BCUT2D eigenvalue weighted by atomic mass is 31.2. The molecule has 0 unspecified atom stereocenters. The molecule has 10 heteroatoms. The van der Waals surface area contributed by atoms with E-state index in [-0.39, 0.29) is 39.5 Å². The minimum atomic E-state index is -4.08. The Morgan fingerprint density at radius 1 is 0.491 bits per heavy atom. The minimum Gasteiger partial charge on any atom is -0.394 e. The van der Waals surface area contributed by atoms with Crippen LogP contribution in [-0.2, 0) is 27.6 Å². The van der Waals surface area contributed by atoms with Gasteiger partial charge >= 0.3 is 7.82 Å². The topological polar surface area (TPSA) is 127 Å². The number of ether oxygens (including phenoxy) is 2. The Bertz CT molecular complexity index is 867. The molecule has 0 aromatic rings. The third kappa shape index (κ3) is 39.5. The van der Waals surface area contributed by atoms with E-state index in [4.69, 9.17) is 28.3 Å². The van der Waals surface area contributed by atoms with E-state index in [1.54, 1.807) is 0 Å². The van der Waals surface area contributed by atoms with E-state index in [0.29, 0.717) is 13.2 Å². The smallest absolute Gasteiger partial charge is 0.394 e. The van der Waals surface area contributed by atoms with Crippen LogP contribution in [-0.4, -0.2) is 68.7 Å². The first-order chi connectivity index (χ1) is 27.0. The molecule has 0 aliphatic rings. The van der Waals surface area contributed by atoms with Gasteiger partial charge in [-0.1, -0.05) is 154 Å². The van der Waals surface area contributed by atoms with Crippen LogP contribution in [0.2, 0.25) is 0 Å². The zero-order valence-electron chi connectivity index (χ0n) is 35.7. The average molecular weight is 800 g/mol. The molecule has 0 aromatic heterocycles. The van der Waals surface area contributed by atoms with Crippen LogP contribution in [0.4, 0.5) is 0 Å². The van der Waals surface area contributed by atoms with Gasteiger partial charge in [-0.2, -0.15) is 5.26 Å². The van der Waals surface area contributed by atoms with E-state index in [0.717, 1.165) is 51.4 Å². The molecule has 55 heavy (non-hydrogen) atoms. The van der Waals surface area contributed by atoms with Crippen molar-refractivity contribution >= 4 is 7.82 Å². The molecule has 0 aliphatic heterocycles. The Hall–Kier alpha value is -1.08. The first-order valence-electron chi connectivity index (χ1n) is 22.7. The molecule has 0 radical (unpaired) electrons. The molecule has 0 amide bonds. The van der Waals surface area contributed by atoms with Gasteiger partial charge in [0.25, 0.3) is 0 Å². The number of rotatable bonds is 45. The second kappa shape index (κ2) is 44.0. The van der Waals surface area contributed by atoms with Crippen LogP contribution in [0, 0.1) is 11.3 Å². The van der Waals surface area contributed by atoms with Crippen LogP contribution >= 0.6 is 7.82 Å². The molecule has 2 atom stereocenters. The van der Waals surface area contributed by atoms with Gasteiger partial charge in [0.2, 0.25) is 0 Å². The lowest BCUT2D eigenvalue weighted by molar-refractivity contribution is -0.0401.